The topological polar surface area (TPSA) is 26.3 Å². The molecule has 2 nitrogen and oxygen atoms in total. The van der Waals surface area contributed by atoms with Crippen molar-refractivity contribution in [1.29, 1.82) is 0 Å². The maximum Gasteiger partial charge on any atom is 0.339 e. The van der Waals surface area contributed by atoms with Gasteiger partial charge in [-0.1, -0.05) is 25.0 Å². The molecule has 15 heavy (non-hydrogen) atoms. The van der Waals surface area contributed by atoms with Gasteiger partial charge in [0.05, 0.1) is 5.56 Å². The van der Waals surface area contributed by atoms with Crippen LogP contribution in [0.1, 0.15) is 29.8 Å². The lowest BCUT2D eigenvalue weighted by Crippen LogP contribution is -2.12. The first-order valence-corrected chi connectivity index (χ1v) is 4.93. The fourth-order valence-electron chi connectivity index (χ4n) is 1.14. The third-order valence-electron chi connectivity index (χ3n) is 2.12. The number of ether oxygens (including phenoxy) is 1. The molecule has 78 valence electrons. The van der Waals surface area contributed by atoms with Crippen molar-refractivity contribution < 1.29 is 9.53 Å². The first kappa shape index (κ1) is 11.3. The number of hydrogen-bond acceptors (Lipinski definition) is 2. The van der Waals surface area contributed by atoms with Crippen LogP contribution in [0.4, 0.5) is 0 Å². The second kappa shape index (κ2) is 5.21. The molecule has 1 aromatic carbocycles. The molecule has 0 spiro atoms. The van der Waals surface area contributed by atoms with Crippen molar-refractivity contribution in [1.82, 2.24) is 0 Å². The summed E-state index contributed by atoms with van der Waals surface area (Å²) in [5.74, 6) is 1.97. The van der Waals surface area contributed by atoms with Crippen LogP contribution in [-0.4, -0.2) is 12.1 Å². The van der Waals surface area contributed by atoms with Crippen LogP contribution in [-0.2, 0) is 11.2 Å². The van der Waals surface area contributed by atoms with Crippen LogP contribution in [0.5, 0.6) is 0 Å². The third kappa shape index (κ3) is 3.14. The maximum atomic E-state index is 11.5. The Hall–Kier alpha value is -1.75. The molecular weight excluding hydrogens is 188 g/mol. The number of esters is 1. The minimum atomic E-state index is -0.483. The van der Waals surface area contributed by atoms with Crippen molar-refractivity contribution in [2.75, 3.05) is 0 Å². The van der Waals surface area contributed by atoms with E-state index >= 15 is 0 Å². The van der Waals surface area contributed by atoms with Gasteiger partial charge in [-0.05, 0) is 31.0 Å². The number of benzene rings is 1. The van der Waals surface area contributed by atoms with E-state index in [0.29, 0.717) is 5.56 Å². The van der Waals surface area contributed by atoms with Gasteiger partial charge in [0.15, 0.2) is 6.10 Å². The number of hydrogen-bond donors (Lipinski definition) is 0. The molecule has 0 radical (unpaired) electrons. The van der Waals surface area contributed by atoms with Crippen molar-refractivity contribution in [3.63, 3.8) is 0 Å². The van der Waals surface area contributed by atoms with Gasteiger partial charge < -0.3 is 4.74 Å². The van der Waals surface area contributed by atoms with Gasteiger partial charge >= 0.3 is 5.97 Å². The Morgan fingerprint density at radius 1 is 1.47 bits per heavy atom. The predicted octanol–water partition coefficient (Wildman–Crippen LogP) is 2.43. The highest BCUT2D eigenvalue weighted by Gasteiger charge is 2.09. The molecule has 0 bridgehead atoms. The first-order valence-electron chi connectivity index (χ1n) is 4.93. The molecule has 1 unspecified atom stereocenters. The monoisotopic (exact) mass is 202 g/mol. The summed E-state index contributed by atoms with van der Waals surface area (Å²) in [7, 11) is 0. The van der Waals surface area contributed by atoms with Gasteiger partial charge in [0.2, 0.25) is 0 Å². The highest BCUT2D eigenvalue weighted by molar-refractivity contribution is 5.89. The summed E-state index contributed by atoms with van der Waals surface area (Å²) >= 11 is 0. The summed E-state index contributed by atoms with van der Waals surface area (Å²) in [6.07, 6.45) is 5.59. The lowest BCUT2D eigenvalue weighted by molar-refractivity contribution is 0.0439. The molecule has 0 saturated heterocycles. The van der Waals surface area contributed by atoms with Crippen molar-refractivity contribution >= 4 is 5.97 Å². The summed E-state index contributed by atoms with van der Waals surface area (Å²) in [5.41, 5.74) is 1.73. The first-order chi connectivity index (χ1) is 7.17. The average Bonchev–Trinajstić information content (AvgIpc) is 2.29. The Kier molecular flexibility index (Phi) is 3.93. The second-order valence-corrected chi connectivity index (χ2v) is 3.26. The minimum Gasteiger partial charge on any atom is -0.446 e. The molecule has 0 fully saturated rings. The fourth-order valence-corrected chi connectivity index (χ4v) is 1.14. The zero-order chi connectivity index (χ0) is 11.3. The molecule has 0 amide bonds. The molecule has 0 aromatic heterocycles. The van der Waals surface area contributed by atoms with Crippen molar-refractivity contribution in [2.24, 2.45) is 0 Å². The fraction of sp³-hybridized carbons (Fsp3) is 0.308. The molecule has 0 N–H and O–H groups in total. The lowest BCUT2D eigenvalue weighted by atomic mass is 10.1. The average molecular weight is 202 g/mol. The van der Waals surface area contributed by atoms with Gasteiger partial charge in [-0.3, -0.25) is 0 Å². The van der Waals surface area contributed by atoms with Gasteiger partial charge in [0, 0.05) is 0 Å². The third-order valence-corrected chi connectivity index (χ3v) is 2.12. The maximum absolute atomic E-state index is 11.5. The normalized spacial score (nSPS) is 11.5. The standard InChI is InChI=1S/C13H14O2/c1-4-10(3)15-13(14)12-8-6-11(5-2)7-9-12/h1,6-10H,5H2,2-3H3. The summed E-state index contributed by atoms with van der Waals surface area (Å²) in [6, 6.07) is 7.34. The van der Waals surface area contributed by atoms with Crippen LogP contribution in [0.2, 0.25) is 0 Å². The minimum absolute atomic E-state index is 0.372. The largest absolute Gasteiger partial charge is 0.446 e. The van der Waals surface area contributed by atoms with E-state index in [1.165, 1.54) is 5.56 Å². The Balaban J connectivity index is 2.71. The molecule has 1 aromatic rings. The highest BCUT2D eigenvalue weighted by Crippen LogP contribution is 2.07. The van der Waals surface area contributed by atoms with Crippen LogP contribution in [0, 0.1) is 12.3 Å². The summed E-state index contributed by atoms with van der Waals surface area (Å²) in [4.78, 5) is 11.5. The van der Waals surface area contributed by atoms with Crippen molar-refractivity contribution in [3.8, 4) is 12.3 Å². The van der Waals surface area contributed by atoms with E-state index in [1.54, 1.807) is 19.1 Å². The molecule has 0 aliphatic carbocycles. The number of rotatable bonds is 3. The summed E-state index contributed by atoms with van der Waals surface area (Å²) in [6.45, 7) is 3.73. The van der Waals surface area contributed by atoms with Crippen LogP contribution < -0.4 is 0 Å². The predicted molar refractivity (Wildman–Crippen MR) is 59.5 cm³/mol. The molecule has 0 saturated carbocycles. The van der Waals surface area contributed by atoms with Crippen molar-refractivity contribution in [3.05, 3.63) is 35.4 Å². The number of aryl methyl sites for hydroxylation is 1. The summed E-state index contributed by atoms with van der Waals surface area (Å²) < 4.78 is 4.98. The van der Waals surface area contributed by atoms with Gasteiger partial charge in [-0.2, -0.15) is 0 Å². The van der Waals surface area contributed by atoms with Crippen LogP contribution in [0.25, 0.3) is 0 Å². The zero-order valence-corrected chi connectivity index (χ0v) is 8.99. The Morgan fingerprint density at radius 3 is 2.53 bits per heavy atom. The van der Waals surface area contributed by atoms with Gasteiger partial charge in [-0.25, -0.2) is 4.79 Å². The number of terminal acetylenes is 1. The van der Waals surface area contributed by atoms with Crippen molar-refractivity contribution in [2.45, 2.75) is 26.4 Å². The van der Waals surface area contributed by atoms with Gasteiger partial charge in [0.25, 0.3) is 0 Å². The quantitative estimate of drug-likeness (QED) is 0.556. The van der Waals surface area contributed by atoms with E-state index in [-0.39, 0.29) is 5.97 Å². The van der Waals surface area contributed by atoms with E-state index < -0.39 is 6.10 Å². The highest BCUT2D eigenvalue weighted by atomic mass is 16.5. The molecule has 1 rings (SSSR count). The lowest BCUT2D eigenvalue weighted by Gasteiger charge is -2.07. The molecule has 0 heterocycles. The van der Waals surface area contributed by atoms with E-state index in [4.69, 9.17) is 11.2 Å². The molecule has 0 aliphatic rings. The van der Waals surface area contributed by atoms with Crippen LogP contribution >= 0.6 is 0 Å². The van der Waals surface area contributed by atoms with E-state index in [0.717, 1.165) is 6.42 Å². The summed E-state index contributed by atoms with van der Waals surface area (Å²) in [5, 5.41) is 0. The Labute approximate surface area is 90.3 Å². The van der Waals surface area contributed by atoms with Gasteiger partial charge in [0.1, 0.15) is 0 Å². The van der Waals surface area contributed by atoms with E-state index in [2.05, 4.69) is 12.8 Å². The molecule has 2 heteroatoms. The zero-order valence-electron chi connectivity index (χ0n) is 8.99. The van der Waals surface area contributed by atoms with E-state index in [9.17, 15) is 4.79 Å². The SMILES string of the molecule is C#CC(C)OC(=O)c1ccc(CC)cc1. The Bertz CT molecular complexity index is 371. The number of carbonyl (C=O) groups is 1. The smallest absolute Gasteiger partial charge is 0.339 e. The van der Waals surface area contributed by atoms with Crippen LogP contribution in [0.3, 0.4) is 0 Å². The Morgan fingerprint density at radius 2 is 2.07 bits per heavy atom. The van der Waals surface area contributed by atoms with Gasteiger partial charge in [-0.15, -0.1) is 6.42 Å². The molecular formula is C13H14O2. The number of carbonyl (C=O) groups excluding carboxylic acids is 1. The van der Waals surface area contributed by atoms with Crippen LogP contribution in [0.15, 0.2) is 24.3 Å². The van der Waals surface area contributed by atoms with E-state index in [1.807, 2.05) is 12.1 Å². The molecule has 1 atom stereocenters. The molecule has 0 aliphatic heterocycles. The second-order valence-electron chi connectivity index (χ2n) is 3.26.